The summed E-state index contributed by atoms with van der Waals surface area (Å²) in [6.07, 6.45) is 1.50. The molecular formula is C22H35N3O4. The number of nitrogens with two attached hydrogens (primary N) is 1. The minimum atomic E-state index is -1.35. The van der Waals surface area contributed by atoms with Crippen molar-refractivity contribution in [2.75, 3.05) is 33.4 Å². The van der Waals surface area contributed by atoms with E-state index in [9.17, 15) is 14.4 Å². The van der Waals surface area contributed by atoms with Gasteiger partial charge >= 0.3 is 0 Å². The normalized spacial score (nSPS) is 12.8. The third-order valence-electron chi connectivity index (χ3n) is 4.91. The molecule has 0 bridgehead atoms. The molecule has 1 rings (SSSR count). The zero-order valence-corrected chi connectivity index (χ0v) is 17.9. The van der Waals surface area contributed by atoms with Crippen molar-refractivity contribution in [3.05, 3.63) is 35.9 Å². The standard InChI is InChI=1S/C22H35N3O4/c1-4-19(26)12-14-24-21(28)22(23,13-11-18-9-7-6-8-10-18)17-20(27)25(3)15-16-29-5-2/h6-10H,4-5,11-17,23H2,1-3H3,(H,24,28)/t22-/m1/s1. The van der Waals surface area contributed by atoms with Crippen molar-refractivity contribution in [3.8, 4) is 0 Å². The van der Waals surface area contributed by atoms with Crippen LogP contribution in [0, 0.1) is 0 Å². The van der Waals surface area contributed by atoms with Crippen molar-refractivity contribution in [1.29, 1.82) is 0 Å². The molecule has 7 heteroatoms. The van der Waals surface area contributed by atoms with Crippen LogP contribution in [-0.2, 0) is 25.5 Å². The summed E-state index contributed by atoms with van der Waals surface area (Å²) in [7, 11) is 1.68. The molecule has 1 aromatic rings. The number of benzene rings is 1. The lowest BCUT2D eigenvalue weighted by molar-refractivity contribution is -0.137. The number of ketones is 1. The summed E-state index contributed by atoms with van der Waals surface area (Å²) in [5.41, 5.74) is 6.16. The average molecular weight is 406 g/mol. The van der Waals surface area contributed by atoms with Gasteiger partial charge in [0.1, 0.15) is 11.3 Å². The van der Waals surface area contributed by atoms with Crippen molar-refractivity contribution in [1.82, 2.24) is 10.2 Å². The molecule has 3 N–H and O–H groups in total. The first-order chi connectivity index (χ1) is 13.8. The highest BCUT2D eigenvalue weighted by atomic mass is 16.5. The van der Waals surface area contributed by atoms with Gasteiger partial charge in [0.15, 0.2) is 0 Å². The lowest BCUT2D eigenvalue weighted by atomic mass is 9.87. The Labute approximate surface area is 174 Å². The molecule has 2 amide bonds. The molecule has 0 aliphatic heterocycles. The summed E-state index contributed by atoms with van der Waals surface area (Å²) in [5, 5.41) is 2.74. The van der Waals surface area contributed by atoms with E-state index >= 15 is 0 Å². The molecule has 0 aliphatic carbocycles. The fraction of sp³-hybridized carbons (Fsp3) is 0.591. The van der Waals surface area contributed by atoms with Gasteiger partial charge in [-0.3, -0.25) is 14.4 Å². The van der Waals surface area contributed by atoms with Crippen LogP contribution in [0.5, 0.6) is 0 Å². The Kier molecular flexibility index (Phi) is 11.2. The second-order valence-corrected chi connectivity index (χ2v) is 7.23. The highest BCUT2D eigenvalue weighted by Gasteiger charge is 2.36. The predicted molar refractivity (Wildman–Crippen MR) is 113 cm³/mol. The maximum Gasteiger partial charge on any atom is 0.240 e. The van der Waals surface area contributed by atoms with E-state index in [0.717, 1.165) is 5.56 Å². The third-order valence-corrected chi connectivity index (χ3v) is 4.91. The largest absolute Gasteiger partial charge is 0.380 e. The molecule has 0 saturated heterocycles. The number of rotatable bonds is 14. The van der Waals surface area contributed by atoms with E-state index in [1.165, 1.54) is 4.90 Å². The highest BCUT2D eigenvalue weighted by molar-refractivity contribution is 5.92. The smallest absolute Gasteiger partial charge is 0.240 e. The molecule has 29 heavy (non-hydrogen) atoms. The maximum atomic E-state index is 12.8. The SMILES string of the molecule is CCOCCN(C)C(=O)C[C@](N)(CCc1ccccc1)C(=O)NCCC(=O)CC. The van der Waals surface area contributed by atoms with Gasteiger partial charge < -0.3 is 20.7 Å². The number of nitrogens with one attached hydrogen (secondary N) is 1. The van der Waals surface area contributed by atoms with Crippen molar-refractivity contribution < 1.29 is 19.1 Å². The number of Topliss-reactive ketones (excluding diaryl/α,β-unsaturated/α-hetero) is 1. The van der Waals surface area contributed by atoms with Crippen molar-refractivity contribution in [2.24, 2.45) is 5.73 Å². The summed E-state index contributed by atoms with van der Waals surface area (Å²) in [5.74, 6) is -0.534. The number of aryl methyl sites for hydroxylation is 1. The Balaban J connectivity index is 2.78. The Morgan fingerprint density at radius 2 is 1.86 bits per heavy atom. The minimum Gasteiger partial charge on any atom is -0.380 e. The number of carbonyl (C=O) groups excluding carboxylic acids is 3. The van der Waals surface area contributed by atoms with Crippen LogP contribution in [0.15, 0.2) is 30.3 Å². The lowest BCUT2D eigenvalue weighted by Crippen LogP contribution is -2.57. The first-order valence-electron chi connectivity index (χ1n) is 10.3. The second kappa shape index (κ2) is 13.1. The number of ether oxygens (including phenoxy) is 1. The van der Waals surface area contributed by atoms with Gasteiger partial charge in [-0.1, -0.05) is 37.3 Å². The predicted octanol–water partition coefficient (Wildman–Crippen LogP) is 1.69. The topological polar surface area (TPSA) is 102 Å². The van der Waals surface area contributed by atoms with E-state index in [1.807, 2.05) is 37.3 Å². The van der Waals surface area contributed by atoms with Gasteiger partial charge in [0.25, 0.3) is 0 Å². The van der Waals surface area contributed by atoms with Crippen LogP contribution in [0.4, 0.5) is 0 Å². The molecule has 7 nitrogen and oxygen atoms in total. The van der Waals surface area contributed by atoms with E-state index in [1.54, 1.807) is 14.0 Å². The second-order valence-electron chi connectivity index (χ2n) is 7.23. The van der Waals surface area contributed by atoms with Gasteiger partial charge in [-0.15, -0.1) is 0 Å². The third kappa shape index (κ3) is 9.19. The molecule has 0 fully saturated rings. The van der Waals surface area contributed by atoms with Gasteiger partial charge in [-0.25, -0.2) is 0 Å². The highest BCUT2D eigenvalue weighted by Crippen LogP contribution is 2.18. The van der Waals surface area contributed by atoms with Crippen molar-refractivity contribution in [2.45, 2.75) is 51.5 Å². The number of amides is 2. The summed E-state index contributed by atoms with van der Waals surface area (Å²) in [6, 6.07) is 9.71. The number of hydrogen-bond donors (Lipinski definition) is 2. The molecule has 162 valence electrons. The Morgan fingerprint density at radius 3 is 2.48 bits per heavy atom. The van der Waals surface area contributed by atoms with Gasteiger partial charge in [-0.05, 0) is 25.3 Å². The van der Waals surface area contributed by atoms with E-state index in [-0.39, 0.29) is 31.1 Å². The van der Waals surface area contributed by atoms with Crippen molar-refractivity contribution >= 4 is 17.6 Å². The molecule has 0 radical (unpaired) electrons. The fourth-order valence-electron chi connectivity index (χ4n) is 2.84. The molecule has 1 atom stereocenters. The first-order valence-corrected chi connectivity index (χ1v) is 10.3. The minimum absolute atomic E-state index is 0.0731. The van der Waals surface area contributed by atoms with Crippen LogP contribution in [-0.4, -0.2) is 61.4 Å². The first kappa shape index (κ1) is 24.8. The monoisotopic (exact) mass is 405 g/mol. The van der Waals surface area contributed by atoms with Gasteiger partial charge in [-0.2, -0.15) is 0 Å². The summed E-state index contributed by atoms with van der Waals surface area (Å²) < 4.78 is 5.29. The maximum absolute atomic E-state index is 12.8. The van der Waals surface area contributed by atoms with Crippen molar-refractivity contribution in [3.63, 3.8) is 0 Å². The van der Waals surface area contributed by atoms with Crippen LogP contribution in [0.1, 0.15) is 45.1 Å². The molecule has 1 aromatic carbocycles. The van der Waals surface area contributed by atoms with Gasteiger partial charge in [0.05, 0.1) is 13.0 Å². The summed E-state index contributed by atoms with van der Waals surface area (Å²) in [4.78, 5) is 38.5. The molecule has 0 spiro atoms. The molecule has 0 aromatic heterocycles. The van der Waals surface area contributed by atoms with E-state index < -0.39 is 11.4 Å². The van der Waals surface area contributed by atoms with Crippen LogP contribution in [0.25, 0.3) is 0 Å². The summed E-state index contributed by atoms with van der Waals surface area (Å²) in [6.45, 7) is 5.36. The molecule has 0 unspecified atom stereocenters. The van der Waals surface area contributed by atoms with Gasteiger partial charge in [0, 0.05) is 39.6 Å². The Bertz CT molecular complexity index is 651. The van der Waals surface area contributed by atoms with E-state index in [0.29, 0.717) is 39.0 Å². The van der Waals surface area contributed by atoms with E-state index in [2.05, 4.69) is 5.32 Å². The van der Waals surface area contributed by atoms with E-state index in [4.69, 9.17) is 10.5 Å². The molecule has 0 saturated carbocycles. The zero-order valence-electron chi connectivity index (χ0n) is 17.9. The Hall–Kier alpha value is -2.25. The van der Waals surface area contributed by atoms with Crippen LogP contribution in [0.2, 0.25) is 0 Å². The number of nitrogens with zero attached hydrogens (tertiary/aromatic N) is 1. The molecular weight excluding hydrogens is 370 g/mol. The quantitative estimate of drug-likeness (QED) is 0.459. The molecule has 0 heterocycles. The number of hydrogen-bond acceptors (Lipinski definition) is 5. The Morgan fingerprint density at radius 1 is 1.17 bits per heavy atom. The summed E-state index contributed by atoms with van der Waals surface area (Å²) >= 11 is 0. The van der Waals surface area contributed by atoms with Crippen LogP contribution in [0.3, 0.4) is 0 Å². The number of likely N-dealkylation sites (N-methyl/N-ethyl adjacent to an activating group) is 1. The fourth-order valence-corrected chi connectivity index (χ4v) is 2.84. The molecule has 0 aliphatic rings. The van der Waals surface area contributed by atoms with Crippen LogP contribution >= 0.6 is 0 Å². The van der Waals surface area contributed by atoms with Crippen LogP contribution < -0.4 is 11.1 Å². The lowest BCUT2D eigenvalue weighted by Gasteiger charge is -2.30. The average Bonchev–Trinajstić information content (AvgIpc) is 2.72. The number of carbonyl (C=O) groups is 3. The zero-order chi connectivity index (χ0) is 21.7. The van der Waals surface area contributed by atoms with Gasteiger partial charge in [0.2, 0.25) is 11.8 Å².